The van der Waals surface area contributed by atoms with E-state index in [9.17, 15) is 9.59 Å². The van der Waals surface area contributed by atoms with Crippen LogP contribution in [-0.4, -0.2) is 19.0 Å². The maximum absolute atomic E-state index is 11.9. The first-order chi connectivity index (χ1) is 9.10. The number of amides is 1. The summed E-state index contributed by atoms with van der Waals surface area (Å²) in [5, 5.41) is 2.81. The van der Waals surface area contributed by atoms with Crippen LogP contribution in [0.2, 0.25) is 0 Å². The van der Waals surface area contributed by atoms with Gasteiger partial charge in [-0.2, -0.15) is 0 Å². The summed E-state index contributed by atoms with van der Waals surface area (Å²) < 4.78 is 4.74. The molecular weight excluding hydrogens is 242 g/mol. The van der Waals surface area contributed by atoms with Gasteiger partial charge in [0.25, 0.3) is 0 Å². The number of hydrogen-bond donors (Lipinski definition) is 1. The number of aryl methyl sites for hydroxylation is 1. The lowest BCUT2D eigenvalue weighted by atomic mass is 9.83. The number of anilines is 1. The van der Waals surface area contributed by atoms with Crippen LogP contribution >= 0.6 is 0 Å². The van der Waals surface area contributed by atoms with Crippen molar-refractivity contribution in [1.29, 1.82) is 0 Å². The second kappa shape index (κ2) is 5.87. The molecule has 4 heteroatoms. The van der Waals surface area contributed by atoms with Gasteiger partial charge in [-0.1, -0.05) is 18.1 Å². The lowest BCUT2D eigenvalue weighted by Gasteiger charge is -2.24. The van der Waals surface area contributed by atoms with Crippen LogP contribution in [0.25, 0.3) is 0 Å². The summed E-state index contributed by atoms with van der Waals surface area (Å²) in [6.45, 7) is 1.90. The summed E-state index contributed by atoms with van der Waals surface area (Å²) in [7, 11) is 1.34. The Bertz CT molecular complexity index is 492. The van der Waals surface area contributed by atoms with Gasteiger partial charge in [-0.05, 0) is 37.8 Å². The number of benzene rings is 1. The third-order valence-electron chi connectivity index (χ3n) is 3.55. The van der Waals surface area contributed by atoms with Crippen LogP contribution in [-0.2, 0) is 9.53 Å². The molecule has 1 aliphatic carbocycles. The number of carbonyl (C=O) groups is 2. The third kappa shape index (κ3) is 3.34. The maximum atomic E-state index is 11.9. The highest BCUT2D eigenvalue weighted by Crippen LogP contribution is 2.30. The zero-order valence-corrected chi connectivity index (χ0v) is 11.4. The molecule has 0 spiro atoms. The van der Waals surface area contributed by atoms with Crippen molar-refractivity contribution in [2.24, 2.45) is 5.92 Å². The van der Waals surface area contributed by atoms with E-state index >= 15 is 0 Å². The predicted molar refractivity (Wildman–Crippen MR) is 73.1 cm³/mol. The number of methoxy groups -OCH3 is 1. The first-order valence-corrected chi connectivity index (χ1v) is 6.59. The van der Waals surface area contributed by atoms with Crippen molar-refractivity contribution in [3.8, 4) is 0 Å². The van der Waals surface area contributed by atoms with Crippen LogP contribution in [0.3, 0.4) is 0 Å². The molecular formula is C15H19NO3. The molecule has 0 aliphatic heterocycles. The van der Waals surface area contributed by atoms with Crippen LogP contribution in [0.5, 0.6) is 0 Å². The molecule has 2 rings (SSSR count). The molecule has 0 atom stereocenters. The van der Waals surface area contributed by atoms with Gasteiger partial charge in [-0.25, -0.2) is 4.79 Å². The Hall–Kier alpha value is -1.84. The Morgan fingerprint density at radius 1 is 1.37 bits per heavy atom. The zero-order chi connectivity index (χ0) is 13.8. The molecule has 1 aromatic rings. The van der Waals surface area contributed by atoms with Crippen molar-refractivity contribution in [3.63, 3.8) is 0 Å². The van der Waals surface area contributed by atoms with E-state index in [0.29, 0.717) is 23.6 Å². The molecule has 0 saturated heterocycles. The standard InChI is InChI=1S/C15H19NO3/c1-10-6-7-13(12(8-10)15(18)19-2)16-14(17)9-11-4-3-5-11/h6-8,11H,3-5,9H2,1-2H3,(H,16,17). The summed E-state index contributed by atoms with van der Waals surface area (Å²) in [4.78, 5) is 23.6. The second-order valence-electron chi connectivity index (χ2n) is 5.09. The fourth-order valence-electron chi connectivity index (χ4n) is 2.21. The van der Waals surface area contributed by atoms with Gasteiger partial charge in [0.05, 0.1) is 18.4 Å². The van der Waals surface area contributed by atoms with Crippen molar-refractivity contribution in [3.05, 3.63) is 29.3 Å². The van der Waals surface area contributed by atoms with Gasteiger partial charge in [0.1, 0.15) is 0 Å². The Labute approximate surface area is 113 Å². The summed E-state index contributed by atoms with van der Waals surface area (Å²) in [6.07, 6.45) is 4.01. The zero-order valence-electron chi connectivity index (χ0n) is 11.4. The molecule has 0 heterocycles. The number of carbonyl (C=O) groups excluding carboxylic acids is 2. The molecule has 4 nitrogen and oxygen atoms in total. The average Bonchev–Trinajstić information content (AvgIpc) is 2.35. The summed E-state index contributed by atoms with van der Waals surface area (Å²) in [5.74, 6) is 0.0494. The summed E-state index contributed by atoms with van der Waals surface area (Å²) >= 11 is 0. The molecule has 1 aromatic carbocycles. The van der Waals surface area contributed by atoms with E-state index in [1.165, 1.54) is 13.5 Å². The Balaban J connectivity index is 2.09. The first-order valence-electron chi connectivity index (χ1n) is 6.59. The van der Waals surface area contributed by atoms with Crippen molar-refractivity contribution in [2.75, 3.05) is 12.4 Å². The number of rotatable bonds is 4. The molecule has 1 fully saturated rings. The highest BCUT2D eigenvalue weighted by molar-refractivity contribution is 6.01. The van der Waals surface area contributed by atoms with Crippen molar-refractivity contribution >= 4 is 17.6 Å². The fraction of sp³-hybridized carbons (Fsp3) is 0.467. The Morgan fingerprint density at radius 2 is 2.11 bits per heavy atom. The number of hydrogen-bond acceptors (Lipinski definition) is 3. The topological polar surface area (TPSA) is 55.4 Å². The molecule has 1 amide bonds. The van der Waals surface area contributed by atoms with E-state index in [0.717, 1.165) is 18.4 Å². The van der Waals surface area contributed by atoms with Crippen LogP contribution in [0.15, 0.2) is 18.2 Å². The van der Waals surface area contributed by atoms with Gasteiger partial charge in [-0.15, -0.1) is 0 Å². The van der Waals surface area contributed by atoms with E-state index in [-0.39, 0.29) is 5.91 Å². The molecule has 0 bridgehead atoms. The average molecular weight is 261 g/mol. The molecule has 1 aliphatic rings. The summed E-state index contributed by atoms with van der Waals surface area (Å²) in [6, 6.07) is 5.34. The van der Waals surface area contributed by atoms with E-state index in [1.807, 2.05) is 13.0 Å². The van der Waals surface area contributed by atoms with Gasteiger partial charge in [0, 0.05) is 6.42 Å². The molecule has 1 N–H and O–H groups in total. The third-order valence-corrected chi connectivity index (χ3v) is 3.55. The maximum Gasteiger partial charge on any atom is 0.339 e. The minimum Gasteiger partial charge on any atom is -0.465 e. The minimum absolute atomic E-state index is 0.0290. The molecule has 1 saturated carbocycles. The summed E-state index contributed by atoms with van der Waals surface area (Å²) in [5.41, 5.74) is 1.89. The molecule has 0 aromatic heterocycles. The van der Waals surface area contributed by atoms with Gasteiger partial charge in [0.15, 0.2) is 0 Å². The van der Waals surface area contributed by atoms with Crippen molar-refractivity contribution < 1.29 is 14.3 Å². The lowest BCUT2D eigenvalue weighted by Crippen LogP contribution is -2.22. The lowest BCUT2D eigenvalue weighted by molar-refractivity contribution is -0.117. The van der Waals surface area contributed by atoms with Gasteiger partial charge in [0.2, 0.25) is 5.91 Å². The van der Waals surface area contributed by atoms with Crippen LogP contribution in [0.4, 0.5) is 5.69 Å². The SMILES string of the molecule is COC(=O)c1cc(C)ccc1NC(=O)CC1CCC1. The molecule has 0 unspecified atom stereocenters. The Morgan fingerprint density at radius 3 is 2.68 bits per heavy atom. The monoisotopic (exact) mass is 261 g/mol. The molecule has 0 radical (unpaired) electrons. The highest BCUT2D eigenvalue weighted by atomic mass is 16.5. The number of ether oxygens (including phenoxy) is 1. The Kier molecular flexibility index (Phi) is 4.20. The fourth-order valence-corrected chi connectivity index (χ4v) is 2.21. The van der Waals surface area contributed by atoms with E-state index in [1.54, 1.807) is 12.1 Å². The van der Waals surface area contributed by atoms with E-state index < -0.39 is 5.97 Å². The normalized spacial score (nSPS) is 14.6. The smallest absolute Gasteiger partial charge is 0.339 e. The van der Waals surface area contributed by atoms with Crippen LogP contribution in [0, 0.1) is 12.8 Å². The molecule has 19 heavy (non-hydrogen) atoms. The minimum atomic E-state index is -0.428. The quantitative estimate of drug-likeness (QED) is 0.848. The first kappa shape index (κ1) is 13.6. The largest absolute Gasteiger partial charge is 0.465 e. The predicted octanol–water partition coefficient (Wildman–Crippen LogP) is 2.91. The number of esters is 1. The van der Waals surface area contributed by atoms with Crippen LogP contribution in [0.1, 0.15) is 41.6 Å². The second-order valence-corrected chi connectivity index (χ2v) is 5.09. The number of nitrogens with one attached hydrogen (secondary N) is 1. The van der Waals surface area contributed by atoms with Gasteiger partial charge >= 0.3 is 5.97 Å². The molecule has 102 valence electrons. The van der Waals surface area contributed by atoms with E-state index in [2.05, 4.69) is 5.32 Å². The van der Waals surface area contributed by atoms with Crippen molar-refractivity contribution in [2.45, 2.75) is 32.6 Å². The van der Waals surface area contributed by atoms with Crippen molar-refractivity contribution in [1.82, 2.24) is 0 Å². The van der Waals surface area contributed by atoms with Gasteiger partial charge in [-0.3, -0.25) is 4.79 Å². The van der Waals surface area contributed by atoms with Crippen LogP contribution < -0.4 is 5.32 Å². The van der Waals surface area contributed by atoms with Gasteiger partial charge < -0.3 is 10.1 Å². The van der Waals surface area contributed by atoms with E-state index in [4.69, 9.17) is 4.74 Å². The highest BCUT2D eigenvalue weighted by Gasteiger charge is 2.21.